The molecule has 1 aromatic carbocycles. The fraction of sp³-hybridized carbons (Fsp3) is 0.400. The average molecular weight is 222 g/mol. The number of nitrogens with zero attached hydrogens (tertiary/aromatic N) is 3. The Labute approximate surface area is 93.0 Å². The van der Waals surface area contributed by atoms with Crippen LogP contribution in [0.3, 0.4) is 0 Å². The van der Waals surface area contributed by atoms with Crippen molar-refractivity contribution < 1.29 is 10.2 Å². The minimum absolute atomic E-state index is 0.175. The molecule has 6 heteroatoms. The quantitative estimate of drug-likeness (QED) is 0.308. The SMILES string of the molecule is Cc1ccc(N)cc1C(O)C(O)CN=[N+]=[N-]. The van der Waals surface area contributed by atoms with Crippen LogP contribution in [0.5, 0.6) is 0 Å². The topological polar surface area (TPSA) is 115 Å². The minimum Gasteiger partial charge on any atom is -0.399 e. The summed E-state index contributed by atoms with van der Waals surface area (Å²) in [7, 11) is 0. The summed E-state index contributed by atoms with van der Waals surface area (Å²) < 4.78 is 0. The molecular weight excluding hydrogens is 208 g/mol. The Kier molecular flexibility index (Phi) is 4.13. The average Bonchev–Trinajstić information content (AvgIpc) is 2.28. The van der Waals surface area contributed by atoms with Gasteiger partial charge in [0.15, 0.2) is 0 Å². The van der Waals surface area contributed by atoms with Crippen LogP contribution in [0.2, 0.25) is 0 Å². The van der Waals surface area contributed by atoms with E-state index in [0.29, 0.717) is 11.3 Å². The second kappa shape index (κ2) is 5.37. The van der Waals surface area contributed by atoms with Gasteiger partial charge in [0.2, 0.25) is 0 Å². The molecule has 86 valence electrons. The number of aliphatic hydroxyl groups excluding tert-OH is 2. The zero-order valence-corrected chi connectivity index (χ0v) is 8.91. The number of hydrogen-bond donors (Lipinski definition) is 3. The summed E-state index contributed by atoms with van der Waals surface area (Å²) in [4.78, 5) is 2.52. The normalized spacial score (nSPS) is 13.9. The van der Waals surface area contributed by atoms with Crippen LogP contribution in [0.4, 0.5) is 5.69 Å². The van der Waals surface area contributed by atoms with Crippen molar-refractivity contribution in [2.24, 2.45) is 5.11 Å². The van der Waals surface area contributed by atoms with Gasteiger partial charge in [-0.25, -0.2) is 0 Å². The van der Waals surface area contributed by atoms with Crippen LogP contribution in [0, 0.1) is 6.92 Å². The summed E-state index contributed by atoms with van der Waals surface area (Å²) in [5, 5.41) is 22.6. The smallest absolute Gasteiger partial charge is 0.105 e. The van der Waals surface area contributed by atoms with Gasteiger partial charge in [-0.3, -0.25) is 0 Å². The Bertz CT molecular complexity index is 415. The predicted molar refractivity (Wildman–Crippen MR) is 60.6 cm³/mol. The first-order valence-electron chi connectivity index (χ1n) is 4.79. The number of nitrogen functional groups attached to an aromatic ring is 1. The maximum atomic E-state index is 9.83. The molecule has 6 nitrogen and oxygen atoms in total. The molecule has 4 N–H and O–H groups in total. The monoisotopic (exact) mass is 222 g/mol. The van der Waals surface area contributed by atoms with Crippen molar-refractivity contribution >= 4 is 5.69 Å². The summed E-state index contributed by atoms with van der Waals surface area (Å²) >= 11 is 0. The van der Waals surface area contributed by atoms with E-state index in [4.69, 9.17) is 11.3 Å². The third-order valence-electron chi connectivity index (χ3n) is 2.32. The van der Waals surface area contributed by atoms with Crippen LogP contribution in [-0.2, 0) is 0 Å². The van der Waals surface area contributed by atoms with Gasteiger partial charge in [-0.15, -0.1) is 0 Å². The highest BCUT2D eigenvalue weighted by Crippen LogP contribution is 2.23. The molecule has 0 bridgehead atoms. The van der Waals surface area contributed by atoms with Gasteiger partial charge in [0.1, 0.15) is 6.10 Å². The molecule has 0 aliphatic heterocycles. The molecule has 1 aromatic rings. The lowest BCUT2D eigenvalue weighted by molar-refractivity contribution is 0.0241. The molecule has 2 atom stereocenters. The van der Waals surface area contributed by atoms with Gasteiger partial charge in [-0.1, -0.05) is 11.2 Å². The first-order valence-corrected chi connectivity index (χ1v) is 4.79. The van der Waals surface area contributed by atoms with E-state index in [9.17, 15) is 10.2 Å². The van der Waals surface area contributed by atoms with Crippen LogP contribution in [0.25, 0.3) is 10.4 Å². The molecule has 2 unspecified atom stereocenters. The molecule has 16 heavy (non-hydrogen) atoms. The molecule has 0 saturated heterocycles. The van der Waals surface area contributed by atoms with Crippen molar-refractivity contribution in [2.75, 3.05) is 12.3 Å². The van der Waals surface area contributed by atoms with E-state index in [1.165, 1.54) is 0 Å². The van der Waals surface area contributed by atoms with Crippen molar-refractivity contribution in [3.63, 3.8) is 0 Å². The van der Waals surface area contributed by atoms with E-state index in [1.807, 2.05) is 0 Å². The van der Waals surface area contributed by atoms with Crippen molar-refractivity contribution in [3.8, 4) is 0 Å². The molecule has 0 aromatic heterocycles. The molecule has 0 aliphatic rings. The van der Waals surface area contributed by atoms with Gasteiger partial charge in [0.25, 0.3) is 0 Å². The third kappa shape index (κ3) is 2.87. The highest BCUT2D eigenvalue weighted by molar-refractivity contribution is 5.45. The number of nitrogens with two attached hydrogens (primary N) is 1. The number of aryl methyl sites for hydroxylation is 1. The second-order valence-electron chi connectivity index (χ2n) is 3.54. The molecule has 0 heterocycles. The van der Waals surface area contributed by atoms with Crippen LogP contribution in [0.1, 0.15) is 17.2 Å². The van der Waals surface area contributed by atoms with E-state index in [2.05, 4.69) is 10.0 Å². The van der Waals surface area contributed by atoms with Crippen molar-refractivity contribution in [3.05, 3.63) is 39.8 Å². The maximum absolute atomic E-state index is 9.83. The summed E-state index contributed by atoms with van der Waals surface area (Å²) in [5.74, 6) is 0. The largest absolute Gasteiger partial charge is 0.399 e. The van der Waals surface area contributed by atoms with E-state index in [1.54, 1.807) is 25.1 Å². The van der Waals surface area contributed by atoms with Gasteiger partial charge < -0.3 is 15.9 Å². The van der Waals surface area contributed by atoms with Gasteiger partial charge in [-0.05, 0) is 35.7 Å². The number of azide groups is 1. The van der Waals surface area contributed by atoms with Gasteiger partial charge in [-0.2, -0.15) is 0 Å². The first-order chi connectivity index (χ1) is 7.56. The highest BCUT2D eigenvalue weighted by atomic mass is 16.3. The highest BCUT2D eigenvalue weighted by Gasteiger charge is 2.19. The molecule has 0 saturated carbocycles. The maximum Gasteiger partial charge on any atom is 0.105 e. The van der Waals surface area contributed by atoms with Crippen molar-refractivity contribution in [1.82, 2.24) is 0 Å². The Hall–Kier alpha value is -1.75. The second-order valence-corrected chi connectivity index (χ2v) is 3.54. The summed E-state index contributed by atoms with van der Waals surface area (Å²) in [6.45, 7) is 1.63. The number of benzene rings is 1. The zero-order valence-electron chi connectivity index (χ0n) is 8.91. The summed E-state index contributed by atoms with van der Waals surface area (Å²) in [6.07, 6.45) is -2.23. The lowest BCUT2D eigenvalue weighted by atomic mass is 9.99. The lowest BCUT2D eigenvalue weighted by Crippen LogP contribution is -2.22. The summed E-state index contributed by atoms with van der Waals surface area (Å²) in [5.41, 5.74) is 15.6. The van der Waals surface area contributed by atoms with Crippen molar-refractivity contribution in [2.45, 2.75) is 19.1 Å². The predicted octanol–water partition coefficient (Wildman–Crippen LogP) is 1.28. The standard InChI is InChI=1S/C10H14N4O2/c1-6-2-3-7(11)4-8(6)10(16)9(15)5-13-14-12/h2-4,9-10,15-16H,5,11H2,1H3. The molecule has 0 fully saturated rings. The summed E-state index contributed by atoms with van der Waals surface area (Å²) in [6, 6.07) is 5.07. The number of aliphatic hydroxyl groups is 2. The van der Waals surface area contributed by atoms with E-state index in [-0.39, 0.29) is 6.54 Å². The fourth-order valence-electron chi connectivity index (χ4n) is 1.40. The molecule has 0 amide bonds. The van der Waals surface area contributed by atoms with E-state index in [0.717, 1.165) is 5.56 Å². The van der Waals surface area contributed by atoms with Crippen LogP contribution in [0.15, 0.2) is 23.3 Å². The molecule has 0 aliphatic carbocycles. The van der Waals surface area contributed by atoms with E-state index >= 15 is 0 Å². The molecule has 1 rings (SSSR count). The number of anilines is 1. The number of hydrogen-bond acceptors (Lipinski definition) is 4. The van der Waals surface area contributed by atoms with Crippen molar-refractivity contribution in [1.29, 1.82) is 0 Å². The van der Waals surface area contributed by atoms with Crippen LogP contribution in [-0.4, -0.2) is 22.9 Å². The molecule has 0 radical (unpaired) electrons. The minimum atomic E-state index is -1.13. The van der Waals surface area contributed by atoms with Gasteiger partial charge in [0.05, 0.1) is 12.6 Å². The molecular formula is C10H14N4O2. The van der Waals surface area contributed by atoms with Gasteiger partial charge >= 0.3 is 0 Å². The Balaban J connectivity index is 2.90. The number of rotatable bonds is 4. The zero-order chi connectivity index (χ0) is 12.1. The van der Waals surface area contributed by atoms with E-state index < -0.39 is 12.2 Å². The fourth-order valence-corrected chi connectivity index (χ4v) is 1.40. The Morgan fingerprint density at radius 2 is 2.19 bits per heavy atom. The van der Waals surface area contributed by atoms with Crippen LogP contribution >= 0.6 is 0 Å². The third-order valence-corrected chi connectivity index (χ3v) is 2.32. The first kappa shape index (κ1) is 12.3. The Morgan fingerprint density at radius 1 is 1.50 bits per heavy atom. The lowest BCUT2D eigenvalue weighted by Gasteiger charge is -2.18. The molecule has 0 spiro atoms. The Morgan fingerprint density at radius 3 is 2.81 bits per heavy atom. The van der Waals surface area contributed by atoms with Crippen LogP contribution < -0.4 is 5.73 Å². The van der Waals surface area contributed by atoms with Gasteiger partial charge in [0, 0.05) is 10.6 Å².